The molecule has 2 N–H and O–H groups in total. The maximum Gasteiger partial charge on any atom is 0.341 e. The van der Waals surface area contributed by atoms with Crippen LogP contribution >= 0.6 is 11.8 Å². The van der Waals surface area contributed by atoms with Crippen molar-refractivity contribution in [3.05, 3.63) is 0 Å². The molecular weight excluding hydrogens is 183 g/mol. The van der Waals surface area contributed by atoms with Crippen LogP contribution in [0.5, 0.6) is 0 Å². The molecule has 0 heterocycles. The van der Waals surface area contributed by atoms with Crippen LogP contribution in [0.3, 0.4) is 0 Å². The molecule has 3 nitrogen and oxygen atoms in total. The standard InChI is InChI=1S/C7H13FO3S/c1-12-4-2-3-5(9)6(8)7(10)11/h5-6,9H,2-4H2,1H3,(H,10,11). The lowest BCUT2D eigenvalue weighted by molar-refractivity contribution is -0.147. The van der Waals surface area contributed by atoms with Gasteiger partial charge in [-0.2, -0.15) is 11.8 Å². The summed E-state index contributed by atoms with van der Waals surface area (Å²) in [4.78, 5) is 10.0. The van der Waals surface area contributed by atoms with Gasteiger partial charge >= 0.3 is 5.97 Å². The number of aliphatic carboxylic acids is 1. The summed E-state index contributed by atoms with van der Waals surface area (Å²) in [5.41, 5.74) is 0. The first kappa shape index (κ1) is 11.7. The average Bonchev–Trinajstić information content (AvgIpc) is 2.03. The molecule has 0 aliphatic heterocycles. The van der Waals surface area contributed by atoms with Crippen LogP contribution in [0.2, 0.25) is 0 Å². The first-order valence-electron chi connectivity index (χ1n) is 3.63. The molecule has 0 aliphatic rings. The summed E-state index contributed by atoms with van der Waals surface area (Å²) in [5, 5.41) is 17.1. The zero-order valence-electron chi connectivity index (χ0n) is 6.86. The zero-order valence-corrected chi connectivity index (χ0v) is 7.68. The van der Waals surface area contributed by atoms with Gasteiger partial charge in [-0.05, 0) is 24.9 Å². The first-order chi connectivity index (χ1) is 5.59. The fourth-order valence-electron chi connectivity index (χ4n) is 0.748. The fraction of sp³-hybridized carbons (Fsp3) is 0.857. The zero-order chi connectivity index (χ0) is 9.56. The van der Waals surface area contributed by atoms with Crippen LogP contribution in [0.1, 0.15) is 12.8 Å². The van der Waals surface area contributed by atoms with E-state index in [2.05, 4.69) is 0 Å². The summed E-state index contributed by atoms with van der Waals surface area (Å²) >= 11 is 1.58. The van der Waals surface area contributed by atoms with E-state index in [1.54, 1.807) is 11.8 Å². The van der Waals surface area contributed by atoms with Gasteiger partial charge in [-0.3, -0.25) is 0 Å². The van der Waals surface area contributed by atoms with E-state index < -0.39 is 18.2 Å². The summed E-state index contributed by atoms with van der Waals surface area (Å²) in [5.74, 6) is -0.782. The highest BCUT2D eigenvalue weighted by atomic mass is 32.2. The van der Waals surface area contributed by atoms with E-state index >= 15 is 0 Å². The minimum Gasteiger partial charge on any atom is -0.479 e. The number of hydrogen-bond acceptors (Lipinski definition) is 3. The average molecular weight is 196 g/mol. The molecular formula is C7H13FO3S. The highest BCUT2D eigenvalue weighted by Crippen LogP contribution is 2.08. The number of alkyl halides is 1. The second-order valence-electron chi connectivity index (χ2n) is 2.44. The van der Waals surface area contributed by atoms with E-state index in [4.69, 9.17) is 10.2 Å². The molecule has 0 spiro atoms. The molecule has 0 amide bonds. The third-order valence-corrected chi connectivity index (χ3v) is 2.12. The van der Waals surface area contributed by atoms with Crippen molar-refractivity contribution >= 4 is 17.7 Å². The van der Waals surface area contributed by atoms with Crippen molar-refractivity contribution in [3.8, 4) is 0 Å². The molecule has 12 heavy (non-hydrogen) atoms. The topological polar surface area (TPSA) is 57.5 Å². The van der Waals surface area contributed by atoms with Crippen molar-refractivity contribution in [2.24, 2.45) is 0 Å². The van der Waals surface area contributed by atoms with Crippen molar-refractivity contribution in [1.82, 2.24) is 0 Å². The highest BCUT2D eigenvalue weighted by Gasteiger charge is 2.24. The fourth-order valence-corrected chi connectivity index (χ4v) is 1.20. The van der Waals surface area contributed by atoms with Gasteiger partial charge in [0.15, 0.2) is 0 Å². The number of aliphatic hydroxyl groups excluding tert-OH is 1. The lowest BCUT2D eigenvalue weighted by Crippen LogP contribution is -2.29. The molecule has 0 rings (SSSR count). The molecule has 0 saturated heterocycles. The first-order valence-corrected chi connectivity index (χ1v) is 5.03. The molecule has 0 fully saturated rings. The Bertz CT molecular complexity index is 143. The second-order valence-corrected chi connectivity index (χ2v) is 3.43. The Hall–Kier alpha value is -0.290. The van der Waals surface area contributed by atoms with Gasteiger partial charge in [0.2, 0.25) is 6.17 Å². The van der Waals surface area contributed by atoms with Gasteiger partial charge in [-0.15, -0.1) is 0 Å². The largest absolute Gasteiger partial charge is 0.479 e. The molecule has 0 radical (unpaired) electrons. The quantitative estimate of drug-likeness (QED) is 0.620. The lowest BCUT2D eigenvalue weighted by atomic mass is 10.1. The van der Waals surface area contributed by atoms with Crippen molar-refractivity contribution in [2.75, 3.05) is 12.0 Å². The number of aliphatic hydroxyl groups is 1. The summed E-state index contributed by atoms with van der Waals surface area (Å²) < 4.78 is 12.5. The Kier molecular flexibility index (Phi) is 6.10. The van der Waals surface area contributed by atoms with Crippen molar-refractivity contribution in [2.45, 2.75) is 25.1 Å². The number of carbonyl (C=O) groups is 1. The smallest absolute Gasteiger partial charge is 0.341 e. The summed E-state index contributed by atoms with van der Waals surface area (Å²) in [6.45, 7) is 0. The summed E-state index contributed by atoms with van der Waals surface area (Å²) in [7, 11) is 0. The third-order valence-electron chi connectivity index (χ3n) is 1.42. The molecule has 0 aromatic rings. The molecule has 0 aromatic carbocycles. The molecule has 5 heteroatoms. The van der Waals surface area contributed by atoms with Gasteiger partial charge < -0.3 is 10.2 Å². The molecule has 0 bridgehead atoms. The Morgan fingerprint density at radius 1 is 1.67 bits per heavy atom. The number of hydrogen-bond donors (Lipinski definition) is 2. The summed E-state index contributed by atoms with van der Waals surface area (Å²) in [6.07, 6.45) is -0.776. The number of carboxylic acids is 1. The number of carboxylic acid groups (broad SMARTS) is 1. The number of halogens is 1. The normalized spacial score (nSPS) is 15.6. The van der Waals surface area contributed by atoms with Crippen LogP contribution in [-0.4, -0.2) is 40.5 Å². The van der Waals surface area contributed by atoms with Crippen LogP contribution in [0.25, 0.3) is 0 Å². The van der Waals surface area contributed by atoms with Crippen molar-refractivity contribution in [3.63, 3.8) is 0 Å². The van der Waals surface area contributed by atoms with Crippen LogP contribution in [0, 0.1) is 0 Å². The van der Waals surface area contributed by atoms with Gasteiger partial charge in [-0.25, -0.2) is 9.18 Å². The molecule has 0 aliphatic carbocycles. The van der Waals surface area contributed by atoms with Crippen LogP contribution in [0.4, 0.5) is 4.39 Å². The van der Waals surface area contributed by atoms with Crippen LogP contribution < -0.4 is 0 Å². The highest BCUT2D eigenvalue weighted by molar-refractivity contribution is 7.98. The van der Waals surface area contributed by atoms with Gasteiger partial charge in [-0.1, -0.05) is 0 Å². The van der Waals surface area contributed by atoms with E-state index in [-0.39, 0.29) is 6.42 Å². The second kappa shape index (κ2) is 6.25. The molecule has 72 valence electrons. The predicted octanol–water partition coefficient (Wildman–Crippen LogP) is 0.913. The summed E-state index contributed by atoms with van der Waals surface area (Å²) in [6, 6.07) is 0. The molecule has 2 atom stereocenters. The molecule has 2 unspecified atom stereocenters. The Balaban J connectivity index is 3.56. The van der Waals surface area contributed by atoms with Crippen molar-refractivity contribution < 1.29 is 19.4 Å². The number of rotatable bonds is 6. The number of thioether (sulfide) groups is 1. The van der Waals surface area contributed by atoms with E-state index in [1.807, 2.05) is 6.26 Å². The maximum atomic E-state index is 12.5. The van der Waals surface area contributed by atoms with Crippen molar-refractivity contribution in [1.29, 1.82) is 0 Å². The van der Waals surface area contributed by atoms with E-state index in [0.29, 0.717) is 6.42 Å². The molecule has 0 saturated carbocycles. The van der Waals surface area contributed by atoms with E-state index in [9.17, 15) is 9.18 Å². The van der Waals surface area contributed by atoms with Gasteiger partial charge in [0, 0.05) is 0 Å². The van der Waals surface area contributed by atoms with Crippen LogP contribution in [0.15, 0.2) is 0 Å². The minimum atomic E-state index is -2.15. The van der Waals surface area contributed by atoms with E-state index in [0.717, 1.165) is 5.75 Å². The maximum absolute atomic E-state index is 12.5. The van der Waals surface area contributed by atoms with Gasteiger partial charge in [0.25, 0.3) is 0 Å². The van der Waals surface area contributed by atoms with Gasteiger partial charge in [0.05, 0.1) is 6.10 Å². The minimum absolute atomic E-state index is 0.203. The third kappa shape index (κ3) is 4.56. The lowest BCUT2D eigenvalue weighted by Gasteiger charge is -2.10. The molecule has 0 aromatic heterocycles. The predicted molar refractivity (Wildman–Crippen MR) is 46.2 cm³/mol. The van der Waals surface area contributed by atoms with Gasteiger partial charge in [0.1, 0.15) is 0 Å². The monoisotopic (exact) mass is 196 g/mol. The Morgan fingerprint density at radius 2 is 2.25 bits per heavy atom. The Morgan fingerprint density at radius 3 is 2.67 bits per heavy atom. The SMILES string of the molecule is CSCCCC(O)C(F)C(=O)O. The Labute approximate surface area is 75.0 Å². The van der Waals surface area contributed by atoms with Crippen LogP contribution in [-0.2, 0) is 4.79 Å². The van der Waals surface area contributed by atoms with E-state index in [1.165, 1.54) is 0 Å².